The van der Waals surface area contributed by atoms with Gasteiger partial charge in [-0.3, -0.25) is 19.2 Å². The predicted octanol–water partition coefficient (Wildman–Crippen LogP) is 2.74. The van der Waals surface area contributed by atoms with E-state index in [4.69, 9.17) is 40.0 Å². The highest BCUT2D eigenvalue weighted by Gasteiger charge is 2.53. The van der Waals surface area contributed by atoms with Crippen molar-refractivity contribution in [1.82, 2.24) is 0 Å². The molecule has 0 spiro atoms. The molecule has 188 valence electrons. The Bertz CT molecular complexity index is 908. The highest BCUT2D eigenvalue weighted by atomic mass is 79.9. The highest BCUT2D eigenvalue weighted by molar-refractivity contribution is 9.09. The normalized spacial score (nSPS) is 24.0. The summed E-state index contributed by atoms with van der Waals surface area (Å²) in [7, 11) is 0. The predicted molar refractivity (Wildman–Crippen MR) is 122 cm³/mol. The minimum absolute atomic E-state index is 0.209. The number of benzene rings is 1. The Morgan fingerprint density at radius 3 is 2.03 bits per heavy atom. The molecule has 0 radical (unpaired) electrons. The zero-order chi connectivity index (χ0) is 25.4. The number of carbonyl (C=O) groups excluding carboxylic acids is 4. The van der Waals surface area contributed by atoms with E-state index < -0.39 is 54.6 Å². The van der Waals surface area contributed by atoms with Gasteiger partial charge in [0, 0.05) is 33.0 Å². The Balaban J connectivity index is 2.46. The lowest BCUT2D eigenvalue weighted by molar-refractivity contribution is -0.288. The minimum atomic E-state index is -1.35. The summed E-state index contributed by atoms with van der Waals surface area (Å²) in [6.07, 6.45) is -5.64. The zero-order valence-corrected chi connectivity index (χ0v) is 21.4. The zero-order valence-electron chi connectivity index (χ0n) is 19.1. The van der Waals surface area contributed by atoms with Crippen LogP contribution in [0.2, 0.25) is 5.02 Å². The molecule has 1 aliphatic heterocycles. The number of alkyl halides is 1. The first-order valence-electron chi connectivity index (χ1n) is 10.3. The second-order valence-corrected chi connectivity index (χ2v) is 8.59. The molecule has 0 amide bonds. The number of aryl methyl sites for hydroxylation is 1. The first kappa shape index (κ1) is 27.9. The molecule has 0 unspecified atom stereocenters. The number of hydrogen-bond acceptors (Lipinski definition) is 10. The Morgan fingerprint density at radius 2 is 1.50 bits per heavy atom. The SMILES string of the molecule is CC(=O)OC[C@H]1O[C@H](Oc2ccc(CCBr)cc2Cl)[C@H](OC(C)=O)[C@@H](OC(C)=O)[C@H]1OC(C)=O. The third kappa shape index (κ3) is 8.14. The van der Waals surface area contributed by atoms with Crippen LogP contribution in [0.3, 0.4) is 0 Å². The van der Waals surface area contributed by atoms with E-state index in [0.29, 0.717) is 0 Å². The van der Waals surface area contributed by atoms with Crippen LogP contribution in [-0.2, 0) is 49.3 Å². The molecule has 34 heavy (non-hydrogen) atoms. The van der Waals surface area contributed by atoms with Gasteiger partial charge in [0.15, 0.2) is 12.2 Å². The van der Waals surface area contributed by atoms with E-state index in [2.05, 4.69) is 15.9 Å². The van der Waals surface area contributed by atoms with Crippen molar-refractivity contribution in [2.75, 3.05) is 11.9 Å². The molecule has 0 aromatic heterocycles. The molecule has 1 aromatic carbocycles. The van der Waals surface area contributed by atoms with E-state index >= 15 is 0 Å². The summed E-state index contributed by atoms with van der Waals surface area (Å²) in [5.74, 6) is -2.58. The summed E-state index contributed by atoms with van der Waals surface area (Å²) in [6.45, 7) is 4.27. The van der Waals surface area contributed by atoms with Gasteiger partial charge in [-0.05, 0) is 24.1 Å². The van der Waals surface area contributed by atoms with Gasteiger partial charge >= 0.3 is 23.9 Å². The van der Waals surface area contributed by atoms with E-state index in [9.17, 15) is 19.2 Å². The van der Waals surface area contributed by atoms with E-state index in [1.54, 1.807) is 18.2 Å². The standard InChI is InChI=1S/C22H26BrClO10/c1-11(25)29-10-18-19(30-12(2)26)20(31-13(3)27)21(32-14(4)28)22(34-18)33-17-6-5-15(7-8-23)9-16(17)24/h5-6,9,18-22H,7-8,10H2,1-4H3/t18-,19+,20+,21-,22+/m1/s1. The smallest absolute Gasteiger partial charge is 0.303 e. The minimum Gasteiger partial charge on any atom is -0.463 e. The first-order valence-corrected chi connectivity index (χ1v) is 11.8. The van der Waals surface area contributed by atoms with Gasteiger partial charge in [0.1, 0.15) is 18.5 Å². The number of esters is 4. The fraction of sp³-hybridized carbons (Fsp3) is 0.545. The van der Waals surface area contributed by atoms with Gasteiger partial charge in [0.2, 0.25) is 12.4 Å². The van der Waals surface area contributed by atoms with Crippen LogP contribution in [0.1, 0.15) is 33.3 Å². The summed E-state index contributed by atoms with van der Waals surface area (Å²) in [5, 5.41) is 1.01. The number of hydrogen-bond donors (Lipinski definition) is 0. The van der Waals surface area contributed by atoms with Crippen molar-refractivity contribution in [1.29, 1.82) is 0 Å². The molecule has 1 aliphatic rings. The van der Waals surface area contributed by atoms with Crippen molar-refractivity contribution in [3.63, 3.8) is 0 Å². The molecular weight excluding hydrogens is 540 g/mol. The summed E-state index contributed by atoms with van der Waals surface area (Å²) in [4.78, 5) is 46.9. The summed E-state index contributed by atoms with van der Waals surface area (Å²) < 4.78 is 32.9. The lowest BCUT2D eigenvalue weighted by Gasteiger charge is -2.44. The Hall–Kier alpha value is -2.37. The van der Waals surface area contributed by atoms with Crippen LogP contribution in [0.4, 0.5) is 0 Å². The third-order valence-corrected chi connectivity index (χ3v) is 5.26. The van der Waals surface area contributed by atoms with Gasteiger partial charge in [-0.25, -0.2) is 0 Å². The molecule has 1 fully saturated rings. The van der Waals surface area contributed by atoms with Crippen molar-refractivity contribution < 1.29 is 47.6 Å². The van der Waals surface area contributed by atoms with Crippen molar-refractivity contribution in [3.8, 4) is 5.75 Å². The highest BCUT2D eigenvalue weighted by Crippen LogP contribution is 2.33. The molecule has 1 saturated heterocycles. The molecule has 0 N–H and O–H groups in total. The molecular formula is C22H26BrClO10. The molecule has 12 heteroatoms. The van der Waals surface area contributed by atoms with Gasteiger partial charge in [0.05, 0.1) is 5.02 Å². The van der Waals surface area contributed by atoms with Gasteiger partial charge < -0.3 is 28.4 Å². The van der Waals surface area contributed by atoms with Crippen LogP contribution in [0.5, 0.6) is 5.75 Å². The van der Waals surface area contributed by atoms with Crippen LogP contribution >= 0.6 is 27.5 Å². The average Bonchev–Trinajstić information content (AvgIpc) is 2.72. The summed E-state index contributed by atoms with van der Waals surface area (Å²) in [6, 6.07) is 5.13. The fourth-order valence-electron chi connectivity index (χ4n) is 3.31. The Morgan fingerprint density at radius 1 is 0.912 bits per heavy atom. The summed E-state index contributed by atoms with van der Waals surface area (Å²) >= 11 is 9.73. The Labute approximate surface area is 210 Å². The van der Waals surface area contributed by atoms with Crippen LogP contribution < -0.4 is 4.74 Å². The van der Waals surface area contributed by atoms with Crippen molar-refractivity contribution in [2.45, 2.75) is 64.8 Å². The molecule has 0 saturated carbocycles. The number of rotatable bonds is 9. The van der Waals surface area contributed by atoms with Gasteiger partial charge in [-0.2, -0.15) is 0 Å². The maximum atomic E-state index is 11.9. The molecule has 1 heterocycles. The van der Waals surface area contributed by atoms with Crippen LogP contribution in [-0.4, -0.2) is 66.5 Å². The fourth-order valence-corrected chi connectivity index (χ4v) is 4.02. The molecule has 0 bridgehead atoms. The van der Waals surface area contributed by atoms with Gasteiger partial charge in [0.25, 0.3) is 0 Å². The van der Waals surface area contributed by atoms with Crippen LogP contribution in [0.15, 0.2) is 18.2 Å². The van der Waals surface area contributed by atoms with E-state index in [1.165, 1.54) is 6.92 Å². The first-order chi connectivity index (χ1) is 16.0. The molecule has 1 aromatic rings. The van der Waals surface area contributed by atoms with Gasteiger partial charge in [-0.15, -0.1) is 0 Å². The molecule has 2 rings (SSSR count). The third-order valence-electron chi connectivity index (χ3n) is 4.57. The average molecular weight is 566 g/mol. The summed E-state index contributed by atoms with van der Waals surface area (Å²) in [5.41, 5.74) is 0.954. The van der Waals surface area contributed by atoms with Gasteiger partial charge in [-0.1, -0.05) is 33.6 Å². The second kappa shape index (κ2) is 12.9. The second-order valence-electron chi connectivity index (χ2n) is 7.39. The van der Waals surface area contributed by atoms with Crippen molar-refractivity contribution >= 4 is 51.4 Å². The van der Waals surface area contributed by atoms with Crippen molar-refractivity contribution in [3.05, 3.63) is 28.8 Å². The topological polar surface area (TPSA) is 124 Å². The van der Waals surface area contributed by atoms with E-state index in [1.807, 2.05) is 0 Å². The lowest BCUT2D eigenvalue weighted by Crippen LogP contribution is -2.63. The number of carbonyl (C=O) groups is 4. The quantitative estimate of drug-likeness (QED) is 0.251. The van der Waals surface area contributed by atoms with Crippen LogP contribution in [0.25, 0.3) is 0 Å². The molecule has 5 atom stereocenters. The van der Waals surface area contributed by atoms with E-state index in [-0.39, 0.29) is 17.4 Å². The van der Waals surface area contributed by atoms with E-state index in [0.717, 1.165) is 38.1 Å². The largest absolute Gasteiger partial charge is 0.463 e. The maximum absolute atomic E-state index is 11.9. The lowest BCUT2D eigenvalue weighted by atomic mass is 9.98. The molecule has 0 aliphatic carbocycles. The number of halogens is 2. The Kier molecular flexibility index (Phi) is 10.6. The monoisotopic (exact) mass is 564 g/mol. The number of ether oxygens (including phenoxy) is 6. The molecule has 10 nitrogen and oxygen atoms in total. The maximum Gasteiger partial charge on any atom is 0.303 e. The van der Waals surface area contributed by atoms with Crippen molar-refractivity contribution in [2.24, 2.45) is 0 Å². The van der Waals surface area contributed by atoms with Crippen LogP contribution in [0, 0.1) is 0 Å².